The number of fused-ring (bicyclic) bond motifs is 4. The van der Waals surface area contributed by atoms with E-state index in [1.165, 1.54) is 11.3 Å². The van der Waals surface area contributed by atoms with Gasteiger partial charge in [0.15, 0.2) is 16.6 Å². The second-order valence-corrected chi connectivity index (χ2v) is 7.29. The van der Waals surface area contributed by atoms with Crippen LogP contribution >= 0.6 is 11.3 Å². The summed E-state index contributed by atoms with van der Waals surface area (Å²) >= 11 is 1.41. The van der Waals surface area contributed by atoms with Gasteiger partial charge in [0.05, 0.1) is 23.5 Å². The second kappa shape index (κ2) is 4.93. The molecule has 0 radical (unpaired) electrons. The highest BCUT2D eigenvalue weighted by Gasteiger charge is 2.52. The number of carbonyl (C=O) groups excluding carboxylic acids is 1. The molecule has 2 fully saturated rings. The molecule has 0 spiro atoms. The van der Waals surface area contributed by atoms with Crippen LogP contribution in [0.2, 0.25) is 0 Å². The molecule has 1 aromatic carbocycles. The highest BCUT2D eigenvalue weighted by molar-refractivity contribution is 7.22. The fourth-order valence-electron chi connectivity index (χ4n) is 3.83. The number of hydrogen-bond acceptors (Lipinski definition) is 6. The lowest BCUT2D eigenvalue weighted by Gasteiger charge is -2.19. The summed E-state index contributed by atoms with van der Waals surface area (Å²) in [7, 11) is 0. The third-order valence-electron chi connectivity index (χ3n) is 5.05. The molecule has 7 nitrogen and oxygen atoms in total. The number of urea groups is 1. The number of rotatable bonds is 2. The lowest BCUT2D eigenvalue weighted by atomic mass is 10.1. The number of benzene rings is 1. The van der Waals surface area contributed by atoms with E-state index in [9.17, 15) is 9.18 Å². The van der Waals surface area contributed by atoms with Crippen molar-refractivity contribution in [3.63, 3.8) is 0 Å². The number of aromatic nitrogens is 1. The van der Waals surface area contributed by atoms with Crippen molar-refractivity contribution in [2.45, 2.75) is 24.5 Å². The van der Waals surface area contributed by atoms with Gasteiger partial charge in [-0.3, -0.25) is 9.29 Å². The van der Waals surface area contributed by atoms with Gasteiger partial charge < -0.3 is 20.5 Å². The van der Waals surface area contributed by atoms with E-state index in [0.717, 1.165) is 4.70 Å². The van der Waals surface area contributed by atoms with Crippen LogP contribution in [-0.4, -0.2) is 42.6 Å². The van der Waals surface area contributed by atoms with Crippen LogP contribution in [0.15, 0.2) is 12.1 Å². The molecule has 126 valence electrons. The fraction of sp³-hybridized carbons (Fsp3) is 0.467. The van der Waals surface area contributed by atoms with Crippen LogP contribution in [0, 0.1) is 5.92 Å². The number of ether oxygens (including phenoxy) is 2. The highest BCUT2D eigenvalue weighted by atomic mass is 32.1. The molecule has 3 heterocycles. The van der Waals surface area contributed by atoms with E-state index in [4.69, 9.17) is 15.2 Å². The zero-order valence-corrected chi connectivity index (χ0v) is 13.4. The standard InChI is InChI=1S/C15H15FN4O3S/c16-4-6-3-7-11(10(6)17)18-14(21)20(7)15-19-12-9(24-15)2-1-8-13(12)23-5-22-8/h1-2,6-7,10-11H,3-5,17H2,(H,18,21)/t6-,7-,10-,11-/m1/s1. The molecule has 2 aromatic rings. The number of hydrogen-bond donors (Lipinski definition) is 2. The average molecular weight is 350 g/mol. The summed E-state index contributed by atoms with van der Waals surface area (Å²) < 4.78 is 24.9. The van der Waals surface area contributed by atoms with Gasteiger partial charge in [0, 0.05) is 12.0 Å². The van der Waals surface area contributed by atoms with E-state index in [1.54, 1.807) is 4.90 Å². The molecule has 4 atom stereocenters. The Bertz CT molecular complexity index is 843. The van der Waals surface area contributed by atoms with E-state index >= 15 is 0 Å². The monoisotopic (exact) mass is 350 g/mol. The second-order valence-electron chi connectivity index (χ2n) is 6.28. The average Bonchev–Trinajstić information content (AvgIpc) is 3.30. The lowest BCUT2D eigenvalue weighted by molar-refractivity contribution is 0.174. The van der Waals surface area contributed by atoms with Gasteiger partial charge in [-0.15, -0.1) is 0 Å². The molecular formula is C15H15FN4O3S. The van der Waals surface area contributed by atoms with Crippen LogP contribution in [0.4, 0.5) is 14.3 Å². The van der Waals surface area contributed by atoms with Crippen molar-refractivity contribution in [3.05, 3.63) is 12.1 Å². The summed E-state index contributed by atoms with van der Waals surface area (Å²) in [5.41, 5.74) is 6.78. The summed E-state index contributed by atoms with van der Waals surface area (Å²) in [5, 5.41) is 3.46. The van der Waals surface area contributed by atoms with Crippen LogP contribution < -0.4 is 25.4 Å². The van der Waals surface area contributed by atoms with E-state index in [2.05, 4.69) is 10.3 Å². The fourth-order valence-corrected chi connectivity index (χ4v) is 4.85. The number of carbonyl (C=O) groups is 1. The Labute approximate surface area is 140 Å². The topological polar surface area (TPSA) is 89.7 Å². The van der Waals surface area contributed by atoms with Crippen molar-refractivity contribution in [3.8, 4) is 11.5 Å². The van der Waals surface area contributed by atoms with Crippen molar-refractivity contribution in [2.75, 3.05) is 18.4 Å². The quantitative estimate of drug-likeness (QED) is 0.859. The van der Waals surface area contributed by atoms with Crippen LogP contribution in [0.5, 0.6) is 11.5 Å². The maximum atomic E-state index is 13.1. The summed E-state index contributed by atoms with van der Waals surface area (Å²) in [6.07, 6.45) is 0.536. The normalized spacial score (nSPS) is 30.9. The smallest absolute Gasteiger partial charge is 0.324 e. The first kappa shape index (κ1) is 14.2. The molecule has 1 aromatic heterocycles. The van der Waals surface area contributed by atoms with Gasteiger partial charge in [-0.2, -0.15) is 0 Å². The van der Waals surface area contributed by atoms with E-state index < -0.39 is 6.67 Å². The van der Waals surface area contributed by atoms with E-state index in [1.807, 2.05) is 12.1 Å². The molecule has 0 unspecified atom stereocenters. The number of nitrogens with zero attached hydrogens (tertiary/aromatic N) is 2. The predicted molar refractivity (Wildman–Crippen MR) is 86.4 cm³/mol. The molecule has 1 saturated heterocycles. The Hall–Kier alpha value is -2.13. The SMILES string of the molecule is N[C@@H]1[C@@H](CF)C[C@@H]2[C@H]1NC(=O)N2c1nc2c3c(ccc2s1)OCO3. The number of amides is 2. The molecule has 5 rings (SSSR count). The Balaban J connectivity index is 1.56. The van der Waals surface area contributed by atoms with E-state index in [0.29, 0.717) is 28.6 Å². The highest BCUT2D eigenvalue weighted by Crippen LogP contribution is 2.44. The van der Waals surface area contributed by atoms with Crippen LogP contribution in [0.25, 0.3) is 10.2 Å². The maximum Gasteiger partial charge on any atom is 0.324 e. The van der Waals surface area contributed by atoms with Gasteiger partial charge in [0.25, 0.3) is 0 Å². The van der Waals surface area contributed by atoms with Gasteiger partial charge in [0.2, 0.25) is 6.79 Å². The van der Waals surface area contributed by atoms with Gasteiger partial charge in [-0.25, -0.2) is 9.78 Å². The third-order valence-corrected chi connectivity index (χ3v) is 6.07. The number of anilines is 1. The van der Waals surface area contributed by atoms with Crippen LogP contribution in [0.3, 0.4) is 0 Å². The lowest BCUT2D eigenvalue weighted by Crippen LogP contribution is -2.45. The number of alkyl halides is 1. The van der Waals surface area contributed by atoms with Crippen molar-refractivity contribution in [2.24, 2.45) is 11.7 Å². The number of thiazole rings is 1. The maximum absolute atomic E-state index is 13.1. The first-order chi connectivity index (χ1) is 11.7. The van der Waals surface area contributed by atoms with Gasteiger partial charge >= 0.3 is 6.03 Å². The Morgan fingerprint density at radius 1 is 1.46 bits per heavy atom. The molecule has 2 aliphatic heterocycles. The van der Waals surface area contributed by atoms with Crippen LogP contribution in [0.1, 0.15) is 6.42 Å². The molecule has 24 heavy (non-hydrogen) atoms. The first-order valence-corrected chi connectivity index (χ1v) is 8.59. The van der Waals surface area contributed by atoms with Crippen LogP contribution in [-0.2, 0) is 0 Å². The molecule has 3 N–H and O–H groups in total. The molecule has 3 aliphatic rings. The summed E-state index contributed by atoms with van der Waals surface area (Å²) in [4.78, 5) is 18.6. The Morgan fingerprint density at radius 2 is 2.33 bits per heavy atom. The minimum atomic E-state index is -0.476. The number of nitrogens with two attached hydrogens (primary N) is 1. The third kappa shape index (κ3) is 1.79. The molecule has 1 saturated carbocycles. The Morgan fingerprint density at radius 3 is 3.17 bits per heavy atom. The molecule has 1 aliphatic carbocycles. The molecule has 2 amide bonds. The van der Waals surface area contributed by atoms with Gasteiger partial charge in [-0.1, -0.05) is 11.3 Å². The summed E-state index contributed by atoms with van der Waals surface area (Å²) in [6.45, 7) is -0.306. The Kier molecular flexibility index (Phi) is 2.93. The van der Waals surface area contributed by atoms with Gasteiger partial charge in [0.1, 0.15) is 5.52 Å². The predicted octanol–water partition coefficient (Wildman–Crippen LogP) is 1.61. The van der Waals surface area contributed by atoms with E-state index in [-0.39, 0.29) is 36.9 Å². The van der Waals surface area contributed by atoms with Crippen molar-refractivity contribution in [1.29, 1.82) is 0 Å². The number of halogens is 1. The molecular weight excluding hydrogens is 335 g/mol. The molecule has 9 heteroatoms. The number of nitrogens with one attached hydrogen (secondary N) is 1. The first-order valence-electron chi connectivity index (χ1n) is 7.78. The van der Waals surface area contributed by atoms with Gasteiger partial charge in [-0.05, 0) is 18.6 Å². The minimum absolute atomic E-state index is 0.168. The van der Waals surface area contributed by atoms with Crippen molar-refractivity contribution >= 4 is 32.7 Å². The zero-order valence-electron chi connectivity index (χ0n) is 12.6. The zero-order chi connectivity index (χ0) is 16.4. The van der Waals surface area contributed by atoms with Crippen molar-refractivity contribution < 1.29 is 18.7 Å². The minimum Gasteiger partial charge on any atom is -0.454 e. The molecule has 0 bridgehead atoms. The van der Waals surface area contributed by atoms with Crippen molar-refractivity contribution in [1.82, 2.24) is 10.3 Å². The summed E-state index contributed by atoms with van der Waals surface area (Å²) in [6, 6.07) is 2.73. The summed E-state index contributed by atoms with van der Waals surface area (Å²) in [5.74, 6) is 1.03. The largest absolute Gasteiger partial charge is 0.454 e.